The number of benzene rings is 4. The summed E-state index contributed by atoms with van der Waals surface area (Å²) < 4.78 is 43.4. The molecule has 0 unspecified atom stereocenters. The molecule has 0 aliphatic carbocycles. The van der Waals surface area contributed by atoms with Crippen molar-refractivity contribution < 1.29 is 13.2 Å². The summed E-state index contributed by atoms with van der Waals surface area (Å²) >= 11 is 0. The predicted octanol–water partition coefficient (Wildman–Crippen LogP) is 7.52. The Bertz CT molecular complexity index is 1190. The van der Waals surface area contributed by atoms with Gasteiger partial charge in [0.25, 0.3) is 0 Å². The van der Waals surface area contributed by atoms with E-state index in [1.54, 1.807) is 12.1 Å². The molecule has 0 atom stereocenters. The zero-order valence-corrected chi connectivity index (χ0v) is 13.8. The van der Waals surface area contributed by atoms with Crippen LogP contribution < -0.4 is 0 Å². The van der Waals surface area contributed by atoms with E-state index in [0.717, 1.165) is 10.8 Å². The molecule has 4 aromatic carbocycles. The van der Waals surface area contributed by atoms with E-state index in [2.05, 4.69) is 0 Å². The van der Waals surface area contributed by atoms with Crippen molar-refractivity contribution >= 4 is 52.2 Å². The number of alkyl halides is 3. The molecule has 0 saturated heterocycles. The Morgan fingerprint density at radius 2 is 0.960 bits per heavy atom. The summed E-state index contributed by atoms with van der Waals surface area (Å²) in [4.78, 5) is 0. The fourth-order valence-corrected chi connectivity index (χ4v) is 5.96. The third-order valence-corrected chi connectivity index (χ3v) is 6.85. The monoisotopic (exact) mass is 353 g/mol. The van der Waals surface area contributed by atoms with Crippen LogP contribution in [0.5, 0.6) is 0 Å². The van der Waals surface area contributed by atoms with Crippen molar-refractivity contribution in [2.45, 2.75) is 5.51 Å². The van der Waals surface area contributed by atoms with Crippen LogP contribution in [-0.2, 0) is 5.51 Å². The summed E-state index contributed by atoms with van der Waals surface area (Å²) in [6.07, 6.45) is 0. The van der Waals surface area contributed by atoms with Gasteiger partial charge >= 0.3 is 5.51 Å². The molecule has 0 nitrogen and oxygen atoms in total. The molecule has 0 radical (unpaired) electrons. The number of hydrogen-bond donors (Lipinski definition) is 0. The Morgan fingerprint density at radius 3 is 1.40 bits per heavy atom. The van der Waals surface area contributed by atoms with Gasteiger partial charge in [-0.25, -0.2) is 0 Å². The average molecular weight is 353 g/mol. The van der Waals surface area contributed by atoms with Gasteiger partial charge in [0.2, 0.25) is 0 Å². The second-order valence-corrected chi connectivity index (χ2v) is 7.97. The minimum absolute atomic E-state index is 0.414. The van der Waals surface area contributed by atoms with Crippen LogP contribution in [0.3, 0.4) is 0 Å². The van der Waals surface area contributed by atoms with E-state index in [4.69, 9.17) is 0 Å². The van der Waals surface area contributed by atoms with Crippen molar-refractivity contribution in [3.8, 4) is 0 Å². The molecule has 0 bridgehead atoms. The SMILES string of the molecule is FC(F)(F)[s+]1c2c3ccccc3ccc2c2ccc3ccccc3c21. The van der Waals surface area contributed by atoms with Crippen LogP contribution in [0, 0.1) is 0 Å². The predicted molar refractivity (Wildman–Crippen MR) is 100 cm³/mol. The molecule has 0 aliphatic rings. The molecule has 0 aliphatic heterocycles. The molecular formula is C21H12F3S+. The Hall–Kier alpha value is -2.59. The summed E-state index contributed by atoms with van der Waals surface area (Å²) in [5.41, 5.74) is -4.31. The first-order chi connectivity index (χ1) is 12.1. The lowest BCUT2D eigenvalue weighted by Gasteiger charge is -2.01. The van der Waals surface area contributed by atoms with E-state index in [1.807, 2.05) is 60.7 Å². The van der Waals surface area contributed by atoms with Crippen LogP contribution in [0.2, 0.25) is 0 Å². The highest BCUT2D eigenvalue weighted by molar-refractivity contribution is 7.45. The van der Waals surface area contributed by atoms with Gasteiger partial charge in [-0.3, -0.25) is 0 Å². The van der Waals surface area contributed by atoms with Gasteiger partial charge in [-0.05, 0) is 35.0 Å². The van der Waals surface area contributed by atoms with Gasteiger partial charge in [0, 0.05) is 21.5 Å². The van der Waals surface area contributed by atoms with E-state index >= 15 is 0 Å². The van der Waals surface area contributed by atoms with Crippen molar-refractivity contribution in [3.05, 3.63) is 72.8 Å². The van der Waals surface area contributed by atoms with Crippen LogP contribution >= 0.6 is 10.5 Å². The van der Waals surface area contributed by atoms with Gasteiger partial charge in [0.05, 0.1) is 0 Å². The van der Waals surface area contributed by atoms with Gasteiger partial charge in [-0.1, -0.05) is 48.5 Å². The van der Waals surface area contributed by atoms with Crippen LogP contribution in [0.1, 0.15) is 0 Å². The maximum Gasteiger partial charge on any atom is 0.601 e. The molecule has 0 fully saturated rings. The lowest BCUT2D eigenvalue weighted by Crippen LogP contribution is -1.95. The molecule has 1 heterocycles. The smallest absolute Gasteiger partial charge is 0.118 e. The van der Waals surface area contributed by atoms with Crippen molar-refractivity contribution in [2.24, 2.45) is 0 Å². The van der Waals surface area contributed by atoms with E-state index in [0.29, 0.717) is 30.9 Å². The first-order valence-electron chi connectivity index (χ1n) is 7.91. The van der Waals surface area contributed by atoms with Crippen molar-refractivity contribution in [1.82, 2.24) is 0 Å². The van der Waals surface area contributed by atoms with E-state index in [-0.39, 0.29) is 0 Å². The zero-order chi connectivity index (χ0) is 17.2. The van der Waals surface area contributed by atoms with E-state index in [1.165, 1.54) is 0 Å². The van der Waals surface area contributed by atoms with Gasteiger partial charge in [0.1, 0.15) is 10.5 Å². The number of hydrogen-bond acceptors (Lipinski definition) is 0. The Balaban J connectivity index is 2.18. The number of halogens is 3. The normalized spacial score (nSPS) is 12.6. The van der Waals surface area contributed by atoms with Crippen LogP contribution in [0.25, 0.3) is 41.7 Å². The zero-order valence-electron chi connectivity index (χ0n) is 13.0. The lowest BCUT2D eigenvalue weighted by atomic mass is 10.0. The number of fused-ring (bicyclic) bond motifs is 7. The van der Waals surface area contributed by atoms with Gasteiger partial charge in [0.15, 0.2) is 9.40 Å². The van der Waals surface area contributed by atoms with Crippen molar-refractivity contribution in [2.75, 3.05) is 0 Å². The largest absolute Gasteiger partial charge is 0.601 e. The maximum atomic E-state index is 14.2. The third kappa shape index (κ3) is 2.01. The summed E-state index contributed by atoms with van der Waals surface area (Å²) in [5, 5.41) is 4.50. The fourth-order valence-electron chi connectivity index (χ4n) is 3.68. The fraction of sp³-hybridized carbons (Fsp3) is 0.0476. The molecule has 0 N–H and O–H groups in total. The third-order valence-electron chi connectivity index (χ3n) is 4.69. The minimum atomic E-state index is -4.31. The molecule has 25 heavy (non-hydrogen) atoms. The highest BCUT2D eigenvalue weighted by Gasteiger charge is 2.48. The number of rotatable bonds is 0. The second kappa shape index (κ2) is 4.96. The quantitative estimate of drug-likeness (QED) is 0.252. The summed E-state index contributed by atoms with van der Waals surface area (Å²) in [6.45, 7) is 0. The molecule has 1 aromatic heterocycles. The van der Waals surface area contributed by atoms with Gasteiger partial charge < -0.3 is 0 Å². The molecule has 5 aromatic rings. The van der Waals surface area contributed by atoms with E-state index in [9.17, 15) is 13.2 Å². The first kappa shape index (κ1) is 14.7. The highest BCUT2D eigenvalue weighted by atomic mass is 32.2. The Morgan fingerprint density at radius 1 is 0.520 bits per heavy atom. The molecule has 4 heteroatoms. The van der Waals surface area contributed by atoms with Crippen molar-refractivity contribution in [1.29, 1.82) is 0 Å². The Kier molecular flexibility index (Phi) is 2.92. The molecular weight excluding hydrogens is 341 g/mol. The highest BCUT2D eigenvalue weighted by Crippen LogP contribution is 2.57. The summed E-state index contributed by atoms with van der Waals surface area (Å²) in [7, 11) is -1.94. The molecule has 0 spiro atoms. The van der Waals surface area contributed by atoms with Crippen LogP contribution in [0.4, 0.5) is 13.2 Å². The lowest BCUT2D eigenvalue weighted by molar-refractivity contribution is -0.0862. The van der Waals surface area contributed by atoms with Crippen molar-refractivity contribution in [3.63, 3.8) is 0 Å². The molecule has 0 saturated carbocycles. The number of thiophene rings is 1. The van der Waals surface area contributed by atoms with E-state index < -0.39 is 16.0 Å². The van der Waals surface area contributed by atoms with Crippen LogP contribution in [-0.4, -0.2) is 0 Å². The maximum absolute atomic E-state index is 14.2. The molecule has 122 valence electrons. The van der Waals surface area contributed by atoms with Gasteiger partial charge in [-0.15, -0.1) is 13.2 Å². The standard InChI is InChI=1S/C21H12F3S/c22-21(23,24)25-19-15-7-3-1-5-13(15)9-11-17(19)18-12-10-14-6-2-4-8-16(14)20(18)25/h1-12H/q+1. The van der Waals surface area contributed by atoms with Gasteiger partial charge in [-0.2, -0.15) is 0 Å². The molecule has 0 amide bonds. The Labute approximate surface area is 144 Å². The molecule has 5 rings (SSSR count). The first-order valence-corrected chi connectivity index (χ1v) is 9.13. The average Bonchev–Trinajstić information content (AvgIpc) is 2.97. The van der Waals surface area contributed by atoms with Crippen LogP contribution in [0.15, 0.2) is 72.8 Å². The summed E-state index contributed by atoms with van der Waals surface area (Å²) in [6, 6.07) is 22.2. The second-order valence-electron chi connectivity index (χ2n) is 6.08. The summed E-state index contributed by atoms with van der Waals surface area (Å²) in [5.74, 6) is 0. The minimum Gasteiger partial charge on any atom is -0.118 e. The topological polar surface area (TPSA) is 0 Å².